The molecule has 0 aromatic heterocycles. The van der Waals surface area contributed by atoms with Gasteiger partial charge in [0.15, 0.2) is 0 Å². The molecule has 0 amide bonds. The number of hydrogen-bond donors (Lipinski definition) is 0. The third kappa shape index (κ3) is 2.77. The minimum absolute atomic E-state index is 0.0517. The van der Waals surface area contributed by atoms with Crippen LogP contribution in [0.2, 0.25) is 0 Å². The Hall–Kier alpha value is -1.06. The lowest BCUT2D eigenvalue weighted by Crippen LogP contribution is -2.59. The summed E-state index contributed by atoms with van der Waals surface area (Å²) in [5.74, 6) is 0. The van der Waals surface area contributed by atoms with Crippen LogP contribution in [0.1, 0.15) is 18.4 Å². The fourth-order valence-corrected chi connectivity index (χ4v) is 3.36. The molecule has 1 atom stereocenters. The Balaban J connectivity index is 1.75. The molecule has 1 aromatic rings. The lowest BCUT2D eigenvalue weighted by atomic mass is 9.90. The van der Waals surface area contributed by atoms with Crippen LogP contribution in [0.5, 0.6) is 0 Å². The largest absolute Gasteiger partial charge is 0.370 e. The highest BCUT2D eigenvalue weighted by Crippen LogP contribution is 2.31. The second-order valence-corrected chi connectivity index (χ2v) is 6.13. The molecule has 0 bridgehead atoms. The maximum Gasteiger partial charge on any atom is 0.0983 e. The van der Waals surface area contributed by atoms with Gasteiger partial charge in [-0.2, -0.15) is 0 Å². The number of morpholine rings is 1. The zero-order valence-electron chi connectivity index (χ0n) is 12.1. The number of hydrogen-bond acceptors (Lipinski definition) is 3. The van der Waals surface area contributed by atoms with E-state index in [1.807, 2.05) is 0 Å². The third-order valence-corrected chi connectivity index (χ3v) is 4.38. The van der Waals surface area contributed by atoms with Gasteiger partial charge in [0, 0.05) is 31.9 Å². The van der Waals surface area contributed by atoms with Crippen molar-refractivity contribution in [2.24, 2.45) is 0 Å². The maximum absolute atomic E-state index is 6.17. The molecule has 3 heteroatoms. The van der Waals surface area contributed by atoms with Crippen LogP contribution in [-0.4, -0.2) is 50.3 Å². The Labute approximate surface area is 116 Å². The molecule has 2 saturated heterocycles. The van der Waals surface area contributed by atoms with Gasteiger partial charge >= 0.3 is 0 Å². The zero-order valence-corrected chi connectivity index (χ0v) is 12.1. The van der Waals surface area contributed by atoms with Gasteiger partial charge in [-0.25, -0.2) is 0 Å². The highest BCUT2D eigenvalue weighted by molar-refractivity contribution is 5.48. The van der Waals surface area contributed by atoms with Crippen LogP contribution >= 0.6 is 0 Å². The van der Waals surface area contributed by atoms with Gasteiger partial charge in [0.05, 0.1) is 12.2 Å². The quantitative estimate of drug-likeness (QED) is 0.770. The average molecular weight is 260 g/mol. The van der Waals surface area contributed by atoms with E-state index in [4.69, 9.17) is 4.74 Å². The van der Waals surface area contributed by atoms with E-state index in [2.05, 4.69) is 48.0 Å². The van der Waals surface area contributed by atoms with Crippen molar-refractivity contribution in [1.29, 1.82) is 0 Å². The molecule has 2 aliphatic heterocycles. The summed E-state index contributed by atoms with van der Waals surface area (Å²) < 4.78 is 6.17. The molecule has 3 nitrogen and oxygen atoms in total. The summed E-state index contributed by atoms with van der Waals surface area (Å²) in [5, 5.41) is 0. The molecular formula is C16H24N2O. The number of aryl methyl sites for hydroxylation is 1. The summed E-state index contributed by atoms with van der Waals surface area (Å²) in [6, 6.07) is 8.87. The minimum Gasteiger partial charge on any atom is -0.370 e. The second-order valence-electron chi connectivity index (χ2n) is 6.13. The van der Waals surface area contributed by atoms with Crippen molar-refractivity contribution in [3.05, 3.63) is 29.8 Å². The Morgan fingerprint density at radius 3 is 2.63 bits per heavy atom. The smallest absolute Gasteiger partial charge is 0.0983 e. The number of nitrogens with zero attached hydrogens (tertiary/aromatic N) is 2. The number of piperidine rings is 1. The van der Waals surface area contributed by atoms with Crippen molar-refractivity contribution in [2.75, 3.05) is 44.7 Å². The molecule has 19 heavy (non-hydrogen) atoms. The van der Waals surface area contributed by atoms with Crippen LogP contribution in [0.15, 0.2) is 24.3 Å². The van der Waals surface area contributed by atoms with Crippen LogP contribution in [0.25, 0.3) is 0 Å². The summed E-state index contributed by atoms with van der Waals surface area (Å²) in [6.07, 6.45) is 2.42. The predicted octanol–water partition coefficient (Wildman–Crippen LogP) is 2.30. The van der Waals surface area contributed by atoms with Crippen LogP contribution in [0.3, 0.4) is 0 Å². The number of ether oxygens (including phenoxy) is 1. The second kappa shape index (κ2) is 5.14. The number of rotatable bonds is 1. The van der Waals surface area contributed by atoms with Crippen molar-refractivity contribution < 1.29 is 4.74 Å². The lowest BCUT2D eigenvalue weighted by molar-refractivity contribution is -0.108. The summed E-state index contributed by atoms with van der Waals surface area (Å²) in [7, 11) is 2.20. The number of anilines is 1. The Bertz CT molecular complexity index is 427. The van der Waals surface area contributed by atoms with Gasteiger partial charge in [0.1, 0.15) is 0 Å². The maximum atomic E-state index is 6.17. The van der Waals surface area contributed by atoms with E-state index in [0.717, 1.165) is 32.8 Å². The van der Waals surface area contributed by atoms with E-state index in [1.54, 1.807) is 0 Å². The monoisotopic (exact) mass is 260 g/mol. The van der Waals surface area contributed by atoms with Crippen LogP contribution in [0, 0.1) is 6.92 Å². The average Bonchev–Trinajstić information content (AvgIpc) is 2.39. The van der Waals surface area contributed by atoms with Gasteiger partial charge in [0.25, 0.3) is 0 Å². The van der Waals surface area contributed by atoms with Gasteiger partial charge < -0.3 is 14.5 Å². The molecule has 2 aliphatic rings. The highest BCUT2D eigenvalue weighted by atomic mass is 16.5. The van der Waals surface area contributed by atoms with Gasteiger partial charge in [-0.1, -0.05) is 17.7 Å². The highest BCUT2D eigenvalue weighted by Gasteiger charge is 2.39. The summed E-state index contributed by atoms with van der Waals surface area (Å²) in [5.41, 5.74) is 2.71. The van der Waals surface area contributed by atoms with E-state index in [9.17, 15) is 0 Å². The third-order valence-electron chi connectivity index (χ3n) is 4.38. The van der Waals surface area contributed by atoms with Crippen LogP contribution < -0.4 is 4.90 Å². The lowest BCUT2D eigenvalue weighted by Gasteiger charge is -2.48. The van der Waals surface area contributed by atoms with Gasteiger partial charge in [-0.15, -0.1) is 0 Å². The van der Waals surface area contributed by atoms with Crippen molar-refractivity contribution in [3.8, 4) is 0 Å². The predicted molar refractivity (Wildman–Crippen MR) is 78.8 cm³/mol. The fourth-order valence-electron chi connectivity index (χ4n) is 3.36. The normalized spacial score (nSPS) is 28.8. The van der Waals surface area contributed by atoms with E-state index < -0.39 is 0 Å². The Kier molecular flexibility index (Phi) is 3.50. The summed E-state index contributed by atoms with van der Waals surface area (Å²) in [4.78, 5) is 4.89. The molecule has 0 aliphatic carbocycles. The van der Waals surface area contributed by atoms with E-state index in [0.29, 0.717) is 0 Å². The summed E-state index contributed by atoms with van der Waals surface area (Å²) in [6.45, 7) is 7.32. The first-order valence-electron chi connectivity index (χ1n) is 7.31. The molecule has 2 heterocycles. The van der Waals surface area contributed by atoms with Gasteiger partial charge in [0.2, 0.25) is 0 Å². The first kappa shape index (κ1) is 12.9. The van der Waals surface area contributed by atoms with Crippen LogP contribution in [0.4, 0.5) is 5.69 Å². The molecule has 3 rings (SSSR count). The van der Waals surface area contributed by atoms with Gasteiger partial charge in [-0.3, -0.25) is 0 Å². The molecule has 104 valence electrons. The molecule has 0 N–H and O–H groups in total. The van der Waals surface area contributed by atoms with Gasteiger partial charge in [-0.05, 0) is 38.9 Å². The van der Waals surface area contributed by atoms with E-state index in [-0.39, 0.29) is 5.60 Å². The number of benzene rings is 1. The van der Waals surface area contributed by atoms with Crippen LogP contribution in [-0.2, 0) is 4.74 Å². The molecule has 2 fully saturated rings. The van der Waals surface area contributed by atoms with E-state index in [1.165, 1.54) is 24.1 Å². The standard InChI is InChI=1S/C16H24N2O/c1-14-4-6-15(7-5-14)18-9-3-8-16(13-18)12-17(2)10-11-19-16/h4-7H,3,8-13H2,1-2H3. The molecule has 1 unspecified atom stereocenters. The molecule has 1 aromatic carbocycles. The molecular weight excluding hydrogens is 236 g/mol. The first-order chi connectivity index (χ1) is 9.17. The minimum atomic E-state index is 0.0517. The summed E-state index contributed by atoms with van der Waals surface area (Å²) >= 11 is 0. The SMILES string of the molecule is Cc1ccc(N2CCCC3(CN(C)CCO3)C2)cc1. The van der Waals surface area contributed by atoms with Crippen molar-refractivity contribution >= 4 is 5.69 Å². The Morgan fingerprint density at radius 1 is 1.11 bits per heavy atom. The molecule has 1 spiro atoms. The molecule has 0 radical (unpaired) electrons. The number of likely N-dealkylation sites (N-methyl/N-ethyl adjacent to an activating group) is 1. The Morgan fingerprint density at radius 2 is 1.89 bits per heavy atom. The van der Waals surface area contributed by atoms with Crippen molar-refractivity contribution in [2.45, 2.75) is 25.4 Å². The first-order valence-corrected chi connectivity index (χ1v) is 7.31. The zero-order chi connectivity index (χ0) is 13.3. The van der Waals surface area contributed by atoms with E-state index >= 15 is 0 Å². The van der Waals surface area contributed by atoms with Crippen molar-refractivity contribution in [3.63, 3.8) is 0 Å². The van der Waals surface area contributed by atoms with Crippen molar-refractivity contribution in [1.82, 2.24) is 4.90 Å². The fraction of sp³-hybridized carbons (Fsp3) is 0.625. The molecule has 0 saturated carbocycles. The topological polar surface area (TPSA) is 15.7 Å².